The van der Waals surface area contributed by atoms with E-state index in [0.29, 0.717) is 13.1 Å². The normalized spacial score (nSPS) is 24.9. The molecular weight excluding hydrogens is 260 g/mol. The average Bonchev–Trinajstić information content (AvgIpc) is 2.80. The molecule has 1 aliphatic rings. The minimum absolute atomic E-state index is 0.0648. The van der Waals surface area contributed by atoms with Gasteiger partial charge in [-0.3, -0.25) is 9.69 Å². The molecule has 0 spiro atoms. The Hall–Kier alpha value is -0.910. The van der Waals surface area contributed by atoms with Crippen LogP contribution in [-0.2, 0) is 11.3 Å². The van der Waals surface area contributed by atoms with Gasteiger partial charge < -0.3 is 10.4 Å². The third-order valence-electron chi connectivity index (χ3n) is 3.56. The minimum Gasteiger partial charge on any atom is -0.390 e. The highest BCUT2D eigenvalue weighted by Crippen LogP contribution is 2.21. The van der Waals surface area contributed by atoms with Crippen molar-refractivity contribution in [3.05, 3.63) is 22.4 Å². The van der Waals surface area contributed by atoms with E-state index in [4.69, 9.17) is 0 Å². The van der Waals surface area contributed by atoms with Crippen molar-refractivity contribution in [3.8, 4) is 0 Å². The van der Waals surface area contributed by atoms with E-state index in [1.165, 1.54) is 4.88 Å². The fraction of sp³-hybridized carbons (Fsp3) is 0.643. The van der Waals surface area contributed by atoms with Crippen LogP contribution in [0.1, 0.15) is 31.1 Å². The number of hydrogen-bond donors (Lipinski definition) is 2. The van der Waals surface area contributed by atoms with Crippen molar-refractivity contribution in [3.63, 3.8) is 0 Å². The van der Waals surface area contributed by atoms with Crippen molar-refractivity contribution in [2.45, 2.75) is 38.3 Å². The van der Waals surface area contributed by atoms with Gasteiger partial charge in [0.05, 0.1) is 18.7 Å². The summed E-state index contributed by atoms with van der Waals surface area (Å²) in [6, 6.07) is 4.01. The zero-order chi connectivity index (χ0) is 13.7. The molecule has 0 aromatic carbocycles. The van der Waals surface area contributed by atoms with Gasteiger partial charge >= 0.3 is 0 Å². The SMILES string of the molecule is CC1(O)CCCN(CC(=O)NCc2cccs2)CC1. The monoisotopic (exact) mass is 282 g/mol. The number of carbonyl (C=O) groups excluding carboxylic acids is 1. The lowest BCUT2D eigenvalue weighted by molar-refractivity contribution is -0.122. The summed E-state index contributed by atoms with van der Waals surface area (Å²) in [5, 5.41) is 15.0. The first-order valence-electron chi connectivity index (χ1n) is 6.79. The molecule has 1 atom stereocenters. The fourth-order valence-corrected chi connectivity index (χ4v) is 2.98. The molecule has 5 heteroatoms. The summed E-state index contributed by atoms with van der Waals surface area (Å²) in [4.78, 5) is 15.2. The van der Waals surface area contributed by atoms with Crippen molar-refractivity contribution in [2.75, 3.05) is 19.6 Å². The quantitative estimate of drug-likeness (QED) is 0.882. The van der Waals surface area contributed by atoms with E-state index >= 15 is 0 Å². The number of hydrogen-bond acceptors (Lipinski definition) is 4. The smallest absolute Gasteiger partial charge is 0.234 e. The van der Waals surface area contributed by atoms with Crippen LogP contribution in [0.25, 0.3) is 0 Å². The molecule has 106 valence electrons. The second-order valence-corrected chi connectivity index (χ2v) is 6.51. The van der Waals surface area contributed by atoms with E-state index < -0.39 is 5.60 Å². The lowest BCUT2D eigenvalue weighted by Crippen LogP contribution is -2.38. The number of thiophene rings is 1. The van der Waals surface area contributed by atoms with Crippen molar-refractivity contribution < 1.29 is 9.90 Å². The third-order valence-corrected chi connectivity index (χ3v) is 4.44. The van der Waals surface area contributed by atoms with Gasteiger partial charge in [0, 0.05) is 11.4 Å². The lowest BCUT2D eigenvalue weighted by Gasteiger charge is -2.22. The maximum atomic E-state index is 11.9. The van der Waals surface area contributed by atoms with Crippen LogP contribution in [0.3, 0.4) is 0 Å². The predicted octanol–water partition coefficient (Wildman–Crippen LogP) is 1.60. The molecule has 2 N–H and O–H groups in total. The topological polar surface area (TPSA) is 52.6 Å². The molecule has 1 aromatic rings. The molecule has 1 aliphatic heterocycles. The highest BCUT2D eigenvalue weighted by atomic mass is 32.1. The largest absolute Gasteiger partial charge is 0.390 e. The Kier molecular flexibility index (Phi) is 4.96. The first-order valence-corrected chi connectivity index (χ1v) is 7.67. The molecule has 0 aliphatic carbocycles. The average molecular weight is 282 g/mol. The number of rotatable bonds is 4. The molecule has 1 unspecified atom stereocenters. The minimum atomic E-state index is -0.567. The zero-order valence-corrected chi connectivity index (χ0v) is 12.2. The van der Waals surface area contributed by atoms with Gasteiger partial charge in [-0.1, -0.05) is 6.07 Å². The molecule has 1 saturated heterocycles. The van der Waals surface area contributed by atoms with E-state index in [0.717, 1.165) is 32.4 Å². The Labute approximate surface area is 118 Å². The molecule has 1 aromatic heterocycles. The number of carbonyl (C=O) groups is 1. The van der Waals surface area contributed by atoms with Crippen LogP contribution < -0.4 is 5.32 Å². The molecule has 0 radical (unpaired) electrons. The Morgan fingerprint density at radius 2 is 2.37 bits per heavy atom. The molecular formula is C14H22N2O2S. The maximum Gasteiger partial charge on any atom is 0.234 e. The molecule has 0 saturated carbocycles. The maximum absolute atomic E-state index is 11.9. The van der Waals surface area contributed by atoms with Crippen LogP contribution >= 0.6 is 11.3 Å². The van der Waals surface area contributed by atoms with Crippen LogP contribution in [0.4, 0.5) is 0 Å². The standard InChI is InChI=1S/C14H22N2O2S/c1-14(18)5-3-7-16(8-6-14)11-13(17)15-10-12-4-2-9-19-12/h2,4,9,18H,3,5-8,10-11H2,1H3,(H,15,17). The lowest BCUT2D eigenvalue weighted by atomic mass is 9.98. The number of likely N-dealkylation sites (tertiary alicyclic amines) is 1. The van der Waals surface area contributed by atoms with Crippen molar-refractivity contribution >= 4 is 17.2 Å². The van der Waals surface area contributed by atoms with Crippen molar-refractivity contribution in [1.29, 1.82) is 0 Å². The Morgan fingerprint density at radius 3 is 3.11 bits per heavy atom. The summed E-state index contributed by atoms with van der Waals surface area (Å²) in [6.45, 7) is 4.61. The van der Waals surface area contributed by atoms with E-state index in [1.807, 2.05) is 24.4 Å². The van der Waals surface area contributed by atoms with Crippen LogP contribution in [0.15, 0.2) is 17.5 Å². The van der Waals surface area contributed by atoms with Gasteiger partial charge in [0.2, 0.25) is 5.91 Å². The van der Waals surface area contributed by atoms with Gasteiger partial charge in [-0.05, 0) is 44.2 Å². The van der Waals surface area contributed by atoms with Gasteiger partial charge in [0.1, 0.15) is 0 Å². The number of amides is 1. The summed E-state index contributed by atoms with van der Waals surface area (Å²) in [5.41, 5.74) is -0.567. The summed E-state index contributed by atoms with van der Waals surface area (Å²) in [6.07, 6.45) is 2.51. The summed E-state index contributed by atoms with van der Waals surface area (Å²) < 4.78 is 0. The van der Waals surface area contributed by atoms with Crippen LogP contribution in [0, 0.1) is 0 Å². The highest BCUT2D eigenvalue weighted by molar-refractivity contribution is 7.09. The number of nitrogens with zero attached hydrogens (tertiary/aromatic N) is 1. The van der Waals surface area contributed by atoms with Crippen molar-refractivity contribution in [2.24, 2.45) is 0 Å². The molecule has 2 rings (SSSR count). The Bertz CT molecular complexity index is 404. The molecule has 1 fully saturated rings. The van der Waals surface area contributed by atoms with Crippen LogP contribution in [0.5, 0.6) is 0 Å². The van der Waals surface area contributed by atoms with Gasteiger partial charge in [0.15, 0.2) is 0 Å². The molecule has 2 heterocycles. The van der Waals surface area contributed by atoms with Crippen LogP contribution in [-0.4, -0.2) is 41.1 Å². The van der Waals surface area contributed by atoms with Gasteiger partial charge in [0.25, 0.3) is 0 Å². The van der Waals surface area contributed by atoms with Crippen LogP contribution in [0.2, 0.25) is 0 Å². The highest BCUT2D eigenvalue weighted by Gasteiger charge is 2.25. The first kappa shape index (κ1) is 14.5. The Morgan fingerprint density at radius 1 is 1.53 bits per heavy atom. The van der Waals surface area contributed by atoms with E-state index in [9.17, 15) is 9.90 Å². The second-order valence-electron chi connectivity index (χ2n) is 5.48. The molecule has 1 amide bonds. The summed E-state index contributed by atoms with van der Waals surface area (Å²) in [5.74, 6) is 0.0648. The van der Waals surface area contributed by atoms with Gasteiger partial charge in [-0.2, -0.15) is 0 Å². The third kappa shape index (κ3) is 4.93. The van der Waals surface area contributed by atoms with Crippen molar-refractivity contribution in [1.82, 2.24) is 10.2 Å². The zero-order valence-electron chi connectivity index (χ0n) is 11.4. The number of aliphatic hydroxyl groups is 1. The van der Waals surface area contributed by atoms with Gasteiger partial charge in [-0.25, -0.2) is 0 Å². The fourth-order valence-electron chi connectivity index (χ4n) is 2.34. The Balaban J connectivity index is 1.73. The first-order chi connectivity index (χ1) is 9.05. The van der Waals surface area contributed by atoms with E-state index in [2.05, 4.69) is 10.2 Å². The van der Waals surface area contributed by atoms with Gasteiger partial charge in [-0.15, -0.1) is 11.3 Å². The van der Waals surface area contributed by atoms with E-state index in [1.54, 1.807) is 11.3 Å². The molecule has 4 nitrogen and oxygen atoms in total. The van der Waals surface area contributed by atoms with E-state index in [-0.39, 0.29) is 5.91 Å². The molecule has 0 bridgehead atoms. The summed E-state index contributed by atoms with van der Waals surface area (Å²) >= 11 is 1.65. The second kappa shape index (κ2) is 6.50. The molecule has 19 heavy (non-hydrogen) atoms. The predicted molar refractivity (Wildman–Crippen MR) is 77.1 cm³/mol. The number of nitrogens with one attached hydrogen (secondary N) is 1. The summed E-state index contributed by atoms with van der Waals surface area (Å²) in [7, 11) is 0.